The quantitative estimate of drug-likeness (QED) is 0.798. The normalized spacial score (nSPS) is 12.2. The predicted molar refractivity (Wildman–Crippen MR) is 69.7 cm³/mol. The van der Waals surface area contributed by atoms with Crippen molar-refractivity contribution in [1.29, 1.82) is 0 Å². The molecule has 0 saturated heterocycles. The van der Waals surface area contributed by atoms with Crippen LogP contribution in [-0.2, 0) is 4.74 Å². The molecule has 0 radical (unpaired) electrons. The molecule has 0 aromatic carbocycles. The summed E-state index contributed by atoms with van der Waals surface area (Å²) in [5.74, 6) is -0.325. The van der Waals surface area contributed by atoms with E-state index in [9.17, 15) is 4.79 Å². The van der Waals surface area contributed by atoms with Gasteiger partial charge in [-0.3, -0.25) is 4.98 Å². The summed E-state index contributed by atoms with van der Waals surface area (Å²) in [5.41, 5.74) is 1.60. The van der Waals surface area contributed by atoms with Crippen LogP contribution < -0.4 is 0 Å². The van der Waals surface area contributed by atoms with Crippen molar-refractivity contribution < 1.29 is 9.53 Å². The minimum atomic E-state index is -0.325. The smallest absolute Gasteiger partial charge is 0.350 e. The van der Waals surface area contributed by atoms with Crippen LogP contribution in [0, 0.1) is 13.8 Å². The minimum Gasteiger partial charge on any atom is -0.453 e. The van der Waals surface area contributed by atoms with Gasteiger partial charge in [0.25, 0.3) is 0 Å². The Balaban J connectivity index is 2.10. The number of carbonyl (C=O) groups excluding carboxylic acids is 1. The van der Waals surface area contributed by atoms with E-state index >= 15 is 0 Å². The number of hydrogen-bond acceptors (Lipinski definition) is 5. The standard InChI is InChI=1S/C13H14N2O2S/c1-8-12(18-10(3)15-8)13(16)17-9(2)11-5-4-6-14-7-11/h4-7,9H,1-3H3. The highest BCUT2D eigenvalue weighted by atomic mass is 32.1. The van der Waals surface area contributed by atoms with Crippen molar-refractivity contribution in [1.82, 2.24) is 9.97 Å². The molecule has 0 saturated carbocycles. The summed E-state index contributed by atoms with van der Waals surface area (Å²) >= 11 is 1.36. The summed E-state index contributed by atoms with van der Waals surface area (Å²) in [6.45, 7) is 5.52. The molecule has 1 unspecified atom stereocenters. The zero-order valence-corrected chi connectivity index (χ0v) is 11.3. The van der Waals surface area contributed by atoms with Gasteiger partial charge in [0.05, 0.1) is 10.7 Å². The van der Waals surface area contributed by atoms with Crippen molar-refractivity contribution in [3.05, 3.63) is 45.7 Å². The molecule has 0 N–H and O–H groups in total. The van der Waals surface area contributed by atoms with Crippen molar-refractivity contribution in [2.24, 2.45) is 0 Å². The molecule has 5 heteroatoms. The molecule has 2 aromatic rings. The molecule has 94 valence electrons. The van der Waals surface area contributed by atoms with E-state index in [1.807, 2.05) is 32.9 Å². The van der Waals surface area contributed by atoms with Gasteiger partial charge in [0.1, 0.15) is 11.0 Å². The molecule has 0 amide bonds. The van der Waals surface area contributed by atoms with Gasteiger partial charge in [-0.15, -0.1) is 11.3 Å². The summed E-state index contributed by atoms with van der Waals surface area (Å²) in [4.78, 5) is 20.8. The number of hydrogen-bond donors (Lipinski definition) is 0. The van der Waals surface area contributed by atoms with Crippen molar-refractivity contribution in [2.75, 3.05) is 0 Å². The molecule has 0 aliphatic heterocycles. The van der Waals surface area contributed by atoms with Gasteiger partial charge in [-0.25, -0.2) is 9.78 Å². The largest absolute Gasteiger partial charge is 0.453 e. The summed E-state index contributed by atoms with van der Waals surface area (Å²) < 4.78 is 5.41. The van der Waals surface area contributed by atoms with E-state index < -0.39 is 0 Å². The van der Waals surface area contributed by atoms with E-state index in [0.717, 1.165) is 16.3 Å². The van der Waals surface area contributed by atoms with Gasteiger partial charge in [0.2, 0.25) is 0 Å². The third-order valence-electron chi connectivity index (χ3n) is 2.53. The highest BCUT2D eigenvalue weighted by Gasteiger charge is 2.18. The second-order valence-electron chi connectivity index (χ2n) is 3.98. The topological polar surface area (TPSA) is 52.1 Å². The number of aromatic nitrogens is 2. The predicted octanol–water partition coefficient (Wildman–Crippen LogP) is 3.07. The van der Waals surface area contributed by atoms with Gasteiger partial charge in [-0.1, -0.05) is 6.07 Å². The number of thiazole rings is 1. The number of nitrogens with zero attached hydrogens (tertiary/aromatic N) is 2. The average Bonchev–Trinajstić information content (AvgIpc) is 2.69. The summed E-state index contributed by atoms with van der Waals surface area (Å²) in [7, 11) is 0. The van der Waals surface area contributed by atoms with Gasteiger partial charge < -0.3 is 4.74 Å². The molecule has 18 heavy (non-hydrogen) atoms. The van der Waals surface area contributed by atoms with Crippen LogP contribution in [0.1, 0.15) is 39.0 Å². The maximum Gasteiger partial charge on any atom is 0.350 e. The zero-order chi connectivity index (χ0) is 13.1. The van der Waals surface area contributed by atoms with Gasteiger partial charge in [-0.05, 0) is 26.8 Å². The minimum absolute atomic E-state index is 0.312. The molecule has 2 aromatic heterocycles. The third kappa shape index (κ3) is 2.73. The molecule has 1 atom stereocenters. The van der Waals surface area contributed by atoms with Crippen molar-refractivity contribution >= 4 is 17.3 Å². The Morgan fingerprint density at radius 1 is 1.44 bits per heavy atom. The molecule has 0 spiro atoms. The van der Waals surface area contributed by atoms with Crippen LogP contribution in [0.2, 0.25) is 0 Å². The Labute approximate surface area is 110 Å². The summed E-state index contributed by atoms with van der Waals surface area (Å²) in [5, 5.41) is 0.869. The van der Waals surface area contributed by atoms with E-state index in [2.05, 4.69) is 9.97 Å². The second kappa shape index (κ2) is 5.27. The second-order valence-corrected chi connectivity index (χ2v) is 5.18. The van der Waals surface area contributed by atoms with E-state index in [1.54, 1.807) is 12.4 Å². The Morgan fingerprint density at radius 2 is 2.22 bits per heavy atom. The fourth-order valence-electron chi connectivity index (χ4n) is 1.62. The molecule has 4 nitrogen and oxygen atoms in total. The van der Waals surface area contributed by atoms with E-state index in [0.29, 0.717) is 4.88 Å². The molecular formula is C13H14N2O2S. The fraction of sp³-hybridized carbons (Fsp3) is 0.308. The van der Waals surface area contributed by atoms with E-state index in [1.165, 1.54) is 11.3 Å². The molecule has 2 heterocycles. The highest BCUT2D eigenvalue weighted by molar-refractivity contribution is 7.13. The van der Waals surface area contributed by atoms with Crippen LogP contribution in [0.3, 0.4) is 0 Å². The number of esters is 1. The fourth-order valence-corrected chi connectivity index (χ4v) is 2.42. The molecule has 0 fully saturated rings. The maximum absolute atomic E-state index is 12.0. The number of ether oxygens (including phenoxy) is 1. The van der Waals surface area contributed by atoms with Crippen LogP contribution in [0.4, 0.5) is 0 Å². The third-order valence-corrected chi connectivity index (χ3v) is 3.58. The van der Waals surface area contributed by atoms with E-state index in [4.69, 9.17) is 4.74 Å². The van der Waals surface area contributed by atoms with Gasteiger partial charge >= 0.3 is 5.97 Å². The van der Waals surface area contributed by atoms with Crippen LogP contribution in [0.15, 0.2) is 24.5 Å². The first-order valence-corrected chi connectivity index (χ1v) is 6.44. The lowest BCUT2D eigenvalue weighted by Crippen LogP contribution is -2.09. The number of rotatable bonds is 3. The first-order chi connectivity index (χ1) is 8.58. The monoisotopic (exact) mass is 262 g/mol. The summed E-state index contributed by atoms with van der Waals surface area (Å²) in [6, 6.07) is 3.71. The lowest BCUT2D eigenvalue weighted by atomic mass is 10.2. The van der Waals surface area contributed by atoms with Gasteiger partial charge in [0, 0.05) is 18.0 Å². The number of aryl methyl sites for hydroxylation is 2. The van der Waals surface area contributed by atoms with Gasteiger partial charge in [0.15, 0.2) is 0 Å². The van der Waals surface area contributed by atoms with Crippen LogP contribution in [-0.4, -0.2) is 15.9 Å². The van der Waals surface area contributed by atoms with Gasteiger partial charge in [-0.2, -0.15) is 0 Å². The van der Waals surface area contributed by atoms with Crippen molar-refractivity contribution in [2.45, 2.75) is 26.9 Å². The van der Waals surface area contributed by atoms with Crippen molar-refractivity contribution in [3.8, 4) is 0 Å². The average molecular weight is 262 g/mol. The lowest BCUT2D eigenvalue weighted by molar-refractivity contribution is 0.0342. The Kier molecular flexibility index (Phi) is 3.72. The summed E-state index contributed by atoms with van der Waals surface area (Å²) in [6.07, 6.45) is 3.07. The number of carbonyl (C=O) groups is 1. The zero-order valence-electron chi connectivity index (χ0n) is 10.5. The van der Waals surface area contributed by atoms with E-state index in [-0.39, 0.29) is 12.1 Å². The van der Waals surface area contributed by atoms with Crippen LogP contribution >= 0.6 is 11.3 Å². The Morgan fingerprint density at radius 3 is 2.78 bits per heavy atom. The Hall–Kier alpha value is -1.75. The Bertz CT molecular complexity index is 551. The molecule has 0 bridgehead atoms. The first kappa shape index (κ1) is 12.7. The lowest BCUT2D eigenvalue weighted by Gasteiger charge is -2.12. The first-order valence-electron chi connectivity index (χ1n) is 5.63. The molecule has 0 aliphatic carbocycles. The molecular weight excluding hydrogens is 248 g/mol. The molecule has 2 rings (SSSR count). The molecule has 0 aliphatic rings. The van der Waals surface area contributed by atoms with Crippen LogP contribution in [0.5, 0.6) is 0 Å². The van der Waals surface area contributed by atoms with Crippen LogP contribution in [0.25, 0.3) is 0 Å². The number of pyridine rings is 1. The highest BCUT2D eigenvalue weighted by Crippen LogP contribution is 2.22. The maximum atomic E-state index is 12.0. The van der Waals surface area contributed by atoms with Crippen molar-refractivity contribution in [3.63, 3.8) is 0 Å². The SMILES string of the molecule is Cc1nc(C)c(C(=O)OC(C)c2cccnc2)s1.